The van der Waals surface area contributed by atoms with Crippen molar-refractivity contribution >= 4 is 5.91 Å². The predicted molar refractivity (Wildman–Crippen MR) is 75.2 cm³/mol. The zero-order valence-corrected chi connectivity index (χ0v) is 12.5. The van der Waals surface area contributed by atoms with Crippen LogP contribution in [0, 0.1) is 0 Å². The summed E-state index contributed by atoms with van der Waals surface area (Å²) in [6.45, 7) is 8.72. The Labute approximate surface area is 116 Å². The van der Waals surface area contributed by atoms with Gasteiger partial charge in [-0.15, -0.1) is 0 Å². The molecule has 1 unspecified atom stereocenters. The number of methoxy groups -OCH3 is 1. The van der Waals surface area contributed by atoms with Crippen LogP contribution in [0.4, 0.5) is 0 Å². The Hall–Kier alpha value is -0.650. The maximum absolute atomic E-state index is 12.0. The second-order valence-corrected chi connectivity index (χ2v) is 5.87. The van der Waals surface area contributed by atoms with Crippen molar-refractivity contribution in [2.24, 2.45) is 0 Å². The van der Waals surface area contributed by atoms with E-state index < -0.39 is 0 Å². The van der Waals surface area contributed by atoms with Gasteiger partial charge in [-0.25, -0.2) is 0 Å². The average Bonchev–Trinajstić information content (AvgIpc) is 2.86. The summed E-state index contributed by atoms with van der Waals surface area (Å²) in [7, 11) is 3.76. The highest BCUT2D eigenvalue weighted by Crippen LogP contribution is 2.32. The lowest BCUT2D eigenvalue weighted by molar-refractivity contribution is -0.134. The molecule has 0 saturated carbocycles. The van der Waals surface area contributed by atoms with E-state index in [1.54, 1.807) is 7.11 Å². The van der Waals surface area contributed by atoms with Crippen LogP contribution in [0.1, 0.15) is 19.8 Å². The number of ether oxygens (including phenoxy) is 1. The lowest BCUT2D eigenvalue weighted by Crippen LogP contribution is -2.57. The van der Waals surface area contributed by atoms with E-state index in [-0.39, 0.29) is 18.1 Å². The molecule has 5 nitrogen and oxygen atoms in total. The van der Waals surface area contributed by atoms with Gasteiger partial charge in [-0.1, -0.05) is 6.92 Å². The molecule has 0 N–H and O–H groups in total. The summed E-state index contributed by atoms with van der Waals surface area (Å²) in [4.78, 5) is 18.9. The highest BCUT2D eigenvalue weighted by atomic mass is 16.5. The van der Waals surface area contributed by atoms with Gasteiger partial charge < -0.3 is 14.5 Å². The van der Waals surface area contributed by atoms with E-state index in [1.807, 2.05) is 4.90 Å². The maximum Gasteiger partial charge on any atom is 0.248 e. The summed E-state index contributed by atoms with van der Waals surface area (Å²) >= 11 is 0. The summed E-state index contributed by atoms with van der Waals surface area (Å²) in [5.41, 5.74) is 0.199. The summed E-state index contributed by atoms with van der Waals surface area (Å²) in [6.07, 6.45) is 2.22. The van der Waals surface area contributed by atoms with Gasteiger partial charge in [0.05, 0.1) is 0 Å². The van der Waals surface area contributed by atoms with Gasteiger partial charge in [0.15, 0.2) is 0 Å². The molecule has 5 heteroatoms. The van der Waals surface area contributed by atoms with Crippen molar-refractivity contribution in [2.75, 3.05) is 60.0 Å². The van der Waals surface area contributed by atoms with Crippen molar-refractivity contribution in [3.8, 4) is 0 Å². The van der Waals surface area contributed by atoms with Crippen molar-refractivity contribution in [1.29, 1.82) is 0 Å². The Morgan fingerprint density at radius 2 is 1.89 bits per heavy atom. The minimum atomic E-state index is 0.131. The van der Waals surface area contributed by atoms with Gasteiger partial charge in [0.25, 0.3) is 0 Å². The molecule has 2 aliphatic rings. The maximum atomic E-state index is 12.0. The topological polar surface area (TPSA) is 36.0 Å². The van der Waals surface area contributed by atoms with Gasteiger partial charge in [0.2, 0.25) is 5.91 Å². The molecule has 0 aromatic heterocycles. The molecule has 0 aromatic carbocycles. The molecule has 0 radical (unpaired) electrons. The number of piperazine rings is 1. The normalized spacial score (nSPS) is 29.9. The molecule has 110 valence electrons. The van der Waals surface area contributed by atoms with Crippen LogP contribution in [0.5, 0.6) is 0 Å². The van der Waals surface area contributed by atoms with Crippen LogP contribution >= 0.6 is 0 Å². The first kappa shape index (κ1) is 14.8. The molecule has 0 aliphatic carbocycles. The van der Waals surface area contributed by atoms with Crippen molar-refractivity contribution in [1.82, 2.24) is 14.7 Å². The minimum Gasteiger partial charge on any atom is -0.375 e. The Bertz CT molecular complexity index is 316. The second-order valence-electron chi connectivity index (χ2n) is 5.87. The first-order valence-corrected chi connectivity index (χ1v) is 7.31. The van der Waals surface area contributed by atoms with Gasteiger partial charge in [0.1, 0.15) is 6.61 Å². The fourth-order valence-electron chi connectivity index (χ4n) is 3.34. The second kappa shape index (κ2) is 6.20. The van der Waals surface area contributed by atoms with Crippen LogP contribution in [0.15, 0.2) is 0 Å². The van der Waals surface area contributed by atoms with E-state index in [9.17, 15) is 4.79 Å². The van der Waals surface area contributed by atoms with E-state index in [0.29, 0.717) is 0 Å². The molecular formula is C14H27N3O2. The summed E-state index contributed by atoms with van der Waals surface area (Å²) in [6, 6.07) is 0. The molecule has 0 spiro atoms. The Morgan fingerprint density at radius 1 is 1.21 bits per heavy atom. The first-order valence-electron chi connectivity index (χ1n) is 7.31. The van der Waals surface area contributed by atoms with Crippen LogP contribution in [0.25, 0.3) is 0 Å². The van der Waals surface area contributed by atoms with Crippen LogP contribution < -0.4 is 0 Å². The van der Waals surface area contributed by atoms with E-state index in [0.717, 1.165) is 52.1 Å². The zero-order valence-electron chi connectivity index (χ0n) is 12.5. The van der Waals surface area contributed by atoms with Gasteiger partial charge in [-0.2, -0.15) is 0 Å². The number of nitrogens with zero attached hydrogens (tertiary/aromatic N) is 3. The average molecular weight is 269 g/mol. The van der Waals surface area contributed by atoms with Crippen LogP contribution in [-0.4, -0.2) is 86.2 Å². The molecule has 1 atom stereocenters. The Morgan fingerprint density at radius 3 is 2.47 bits per heavy atom. The van der Waals surface area contributed by atoms with E-state index >= 15 is 0 Å². The molecule has 2 aliphatic heterocycles. The molecule has 2 rings (SSSR count). The summed E-state index contributed by atoms with van der Waals surface area (Å²) in [5.74, 6) is 0.131. The number of carbonyl (C=O) groups is 1. The van der Waals surface area contributed by atoms with Gasteiger partial charge in [0, 0.05) is 51.9 Å². The van der Waals surface area contributed by atoms with Crippen molar-refractivity contribution in [3.05, 3.63) is 0 Å². The highest BCUT2D eigenvalue weighted by Gasteiger charge is 2.43. The highest BCUT2D eigenvalue weighted by molar-refractivity contribution is 5.77. The molecule has 2 fully saturated rings. The number of amides is 1. The Kier molecular flexibility index (Phi) is 4.81. The third-order valence-electron chi connectivity index (χ3n) is 4.78. The largest absolute Gasteiger partial charge is 0.375 e. The standard InChI is InChI=1S/C14H27N3O2/c1-4-14(17-9-7-15(2)8-10-17)5-6-16(12-14)13(18)11-19-3/h4-12H2,1-3H3. The van der Waals surface area contributed by atoms with Crippen LogP contribution in [0.2, 0.25) is 0 Å². The SMILES string of the molecule is CCC1(N2CCN(C)CC2)CCN(C(=O)COC)C1. The number of rotatable bonds is 4. The molecule has 19 heavy (non-hydrogen) atoms. The molecule has 2 saturated heterocycles. The lowest BCUT2D eigenvalue weighted by atomic mass is 9.92. The van der Waals surface area contributed by atoms with Gasteiger partial charge in [-0.05, 0) is 19.9 Å². The number of likely N-dealkylation sites (N-methyl/N-ethyl adjacent to an activating group) is 1. The molecule has 0 aromatic rings. The van der Waals surface area contributed by atoms with E-state index in [1.165, 1.54) is 0 Å². The molecule has 0 bridgehead atoms. The third kappa shape index (κ3) is 3.09. The van der Waals surface area contributed by atoms with Crippen LogP contribution in [0.3, 0.4) is 0 Å². The van der Waals surface area contributed by atoms with E-state index in [2.05, 4.69) is 23.8 Å². The fraction of sp³-hybridized carbons (Fsp3) is 0.929. The van der Waals surface area contributed by atoms with Gasteiger partial charge >= 0.3 is 0 Å². The zero-order chi connectivity index (χ0) is 13.9. The summed E-state index contributed by atoms with van der Waals surface area (Å²) < 4.78 is 4.97. The van der Waals surface area contributed by atoms with Crippen molar-refractivity contribution < 1.29 is 9.53 Å². The van der Waals surface area contributed by atoms with E-state index in [4.69, 9.17) is 4.74 Å². The molecule has 1 amide bonds. The molecule has 2 heterocycles. The Balaban J connectivity index is 1.98. The van der Waals surface area contributed by atoms with Crippen molar-refractivity contribution in [3.63, 3.8) is 0 Å². The first-order chi connectivity index (χ1) is 9.11. The monoisotopic (exact) mass is 269 g/mol. The number of hydrogen-bond acceptors (Lipinski definition) is 4. The number of carbonyl (C=O) groups excluding carboxylic acids is 1. The van der Waals surface area contributed by atoms with Gasteiger partial charge in [-0.3, -0.25) is 9.69 Å². The number of hydrogen-bond donors (Lipinski definition) is 0. The third-order valence-corrected chi connectivity index (χ3v) is 4.78. The molecular weight excluding hydrogens is 242 g/mol. The smallest absolute Gasteiger partial charge is 0.248 e. The quantitative estimate of drug-likeness (QED) is 0.733. The minimum absolute atomic E-state index is 0.131. The number of likely N-dealkylation sites (tertiary alicyclic amines) is 1. The lowest BCUT2D eigenvalue weighted by Gasteiger charge is -2.45. The fourth-order valence-corrected chi connectivity index (χ4v) is 3.34. The summed E-state index contributed by atoms with van der Waals surface area (Å²) in [5, 5.41) is 0. The van der Waals surface area contributed by atoms with Crippen molar-refractivity contribution in [2.45, 2.75) is 25.3 Å². The predicted octanol–water partition coefficient (Wildman–Crippen LogP) is 0.261. The van der Waals surface area contributed by atoms with Crippen LogP contribution in [-0.2, 0) is 9.53 Å².